The van der Waals surface area contributed by atoms with Gasteiger partial charge in [0.15, 0.2) is 0 Å². The Labute approximate surface area is 211 Å². The van der Waals surface area contributed by atoms with Crippen LogP contribution >= 0.6 is 11.3 Å². The van der Waals surface area contributed by atoms with E-state index in [4.69, 9.17) is 0 Å². The lowest BCUT2D eigenvalue weighted by molar-refractivity contribution is -0.116. The van der Waals surface area contributed by atoms with E-state index < -0.39 is 0 Å². The van der Waals surface area contributed by atoms with Crippen molar-refractivity contribution in [1.82, 2.24) is 9.88 Å². The second-order valence-electron chi connectivity index (χ2n) is 8.69. The SMILES string of the molecule is O=C(CCCN1C(=O)c2cccc3cccc(c23)C1=O)Nc1ccc(-c2nc3ccccc3s2)cc1. The number of nitrogens with one attached hydrogen (secondary N) is 1. The lowest BCUT2D eigenvalue weighted by Gasteiger charge is -2.27. The van der Waals surface area contributed by atoms with Crippen molar-refractivity contribution in [2.24, 2.45) is 0 Å². The Morgan fingerprint density at radius 1 is 0.833 bits per heavy atom. The third-order valence-electron chi connectivity index (χ3n) is 6.35. The van der Waals surface area contributed by atoms with Crippen LogP contribution in [0.2, 0.25) is 0 Å². The maximum Gasteiger partial charge on any atom is 0.261 e. The maximum atomic E-state index is 13.0. The molecule has 6 rings (SSSR count). The molecule has 0 radical (unpaired) electrons. The minimum absolute atomic E-state index is 0.165. The van der Waals surface area contributed by atoms with Crippen LogP contribution in [0.1, 0.15) is 33.6 Å². The van der Waals surface area contributed by atoms with Crippen molar-refractivity contribution in [1.29, 1.82) is 0 Å². The molecule has 0 saturated carbocycles. The molecule has 1 aromatic heterocycles. The minimum Gasteiger partial charge on any atom is -0.326 e. The molecule has 3 amide bonds. The molecule has 1 aliphatic rings. The van der Waals surface area contributed by atoms with Gasteiger partial charge in [-0.25, -0.2) is 4.98 Å². The van der Waals surface area contributed by atoms with Crippen LogP contribution in [0.4, 0.5) is 5.69 Å². The lowest BCUT2D eigenvalue weighted by Crippen LogP contribution is -2.41. The number of fused-ring (bicyclic) bond motifs is 1. The Bertz CT molecular complexity index is 1570. The van der Waals surface area contributed by atoms with Crippen molar-refractivity contribution < 1.29 is 14.4 Å². The van der Waals surface area contributed by atoms with Crippen LogP contribution < -0.4 is 5.32 Å². The van der Waals surface area contributed by atoms with Crippen molar-refractivity contribution in [2.75, 3.05) is 11.9 Å². The summed E-state index contributed by atoms with van der Waals surface area (Å²) in [7, 11) is 0. The first kappa shape index (κ1) is 22.1. The topological polar surface area (TPSA) is 79.4 Å². The molecule has 0 spiro atoms. The number of benzene rings is 4. The predicted octanol–water partition coefficient (Wildman–Crippen LogP) is 6.13. The molecule has 5 aromatic rings. The van der Waals surface area contributed by atoms with Gasteiger partial charge >= 0.3 is 0 Å². The van der Waals surface area contributed by atoms with Gasteiger partial charge in [-0.15, -0.1) is 11.3 Å². The van der Waals surface area contributed by atoms with E-state index in [1.165, 1.54) is 4.90 Å². The van der Waals surface area contributed by atoms with E-state index in [2.05, 4.69) is 16.4 Å². The highest BCUT2D eigenvalue weighted by atomic mass is 32.1. The van der Waals surface area contributed by atoms with Crippen LogP contribution in [0.3, 0.4) is 0 Å². The summed E-state index contributed by atoms with van der Waals surface area (Å²) in [4.78, 5) is 44.4. The molecule has 0 atom stereocenters. The van der Waals surface area contributed by atoms with E-state index in [0.29, 0.717) is 28.6 Å². The first-order valence-electron chi connectivity index (χ1n) is 11.7. The monoisotopic (exact) mass is 491 g/mol. The molecule has 7 heteroatoms. The highest BCUT2D eigenvalue weighted by Gasteiger charge is 2.32. The first-order chi connectivity index (χ1) is 17.6. The fraction of sp³-hybridized carbons (Fsp3) is 0.103. The molecule has 1 N–H and O–H groups in total. The predicted molar refractivity (Wildman–Crippen MR) is 142 cm³/mol. The molecule has 0 bridgehead atoms. The highest BCUT2D eigenvalue weighted by molar-refractivity contribution is 7.21. The van der Waals surface area contributed by atoms with Gasteiger partial charge in [0.2, 0.25) is 5.91 Å². The molecule has 2 heterocycles. The van der Waals surface area contributed by atoms with E-state index in [1.807, 2.05) is 66.7 Å². The van der Waals surface area contributed by atoms with Gasteiger partial charge in [-0.3, -0.25) is 19.3 Å². The molecule has 176 valence electrons. The van der Waals surface area contributed by atoms with Crippen LogP contribution in [-0.2, 0) is 4.79 Å². The molecule has 6 nitrogen and oxygen atoms in total. The smallest absolute Gasteiger partial charge is 0.261 e. The number of rotatable bonds is 6. The first-order valence-corrected chi connectivity index (χ1v) is 12.5. The summed E-state index contributed by atoms with van der Waals surface area (Å²) < 4.78 is 1.13. The number of carbonyl (C=O) groups excluding carboxylic acids is 3. The Balaban J connectivity index is 1.08. The molecule has 36 heavy (non-hydrogen) atoms. The fourth-order valence-corrected chi connectivity index (χ4v) is 5.57. The number of para-hydroxylation sites is 1. The van der Waals surface area contributed by atoms with Crippen molar-refractivity contribution in [3.63, 3.8) is 0 Å². The Kier molecular flexibility index (Phi) is 5.54. The summed E-state index contributed by atoms with van der Waals surface area (Å²) >= 11 is 1.63. The number of imide groups is 1. The van der Waals surface area contributed by atoms with Gasteiger partial charge in [-0.2, -0.15) is 0 Å². The van der Waals surface area contributed by atoms with Crippen LogP contribution in [0.25, 0.3) is 31.6 Å². The largest absolute Gasteiger partial charge is 0.326 e. The average molecular weight is 492 g/mol. The fourth-order valence-electron chi connectivity index (χ4n) is 4.60. The molecule has 0 fully saturated rings. The summed E-state index contributed by atoms with van der Waals surface area (Å²) in [6, 6.07) is 26.5. The Morgan fingerprint density at radius 2 is 1.53 bits per heavy atom. The molecule has 0 saturated heterocycles. The number of amides is 3. The number of nitrogens with zero attached hydrogens (tertiary/aromatic N) is 2. The van der Waals surface area contributed by atoms with Crippen molar-refractivity contribution >= 4 is 55.7 Å². The number of hydrogen-bond acceptors (Lipinski definition) is 5. The van der Waals surface area contributed by atoms with Crippen molar-refractivity contribution in [3.8, 4) is 10.6 Å². The Hall–Kier alpha value is -4.36. The molecule has 0 aliphatic carbocycles. The summed E-state index contributed by atoms with van der Waals surface area (Å²) in [5, 5.41) is 5.41. The number of hydrogen-bond donors (Lipinski definition) is 1. The van der Waals surface area contributed by atoms with E-state index in [9.17, 15) is 14.4 Å². The number of anilines is 1. The van der Waals surface area contributed by atoms with E-state index >= 15 is 0 Å². The van der Waals surface area contributed by atoms with Gasteiger partial charge in [-0.05, 0) is 60.3 Å². The zero-order valence-electron chi connectivity index (χ0n) is 19.2. The zero-order valence-corrected chi connectivity index (χ0v) is 20.0. The van der Waals surface area contributed by atoms with Gasteiger partial charge in [0.05, 0.1) is 10.2 Å². The zero-order chi connectivity index (χ0) is 24.6. The maximum absolute atomic E-state index is 13.0. The summed E-state index contributed by atoms with van der Waals surface area (Å²) in [6.45, 7) is 0.187. The van der Waals surface area contributed by atoms with Crippen molar-refractivity contribution in [3.05, 3.63) is 96.1 Å². The standard InChI is InChI=1S/C29H21N3O3S/c33-25(30-20-15-13-19(14-16-20)27-31-23-10-1-2-11-24(23)36-27)12-5-17-32-28(34)21-8-3-6-18-7-4-9-22(26(18)21)29(32)35/h1-4,6-11,13-16H,5,12,17H2,(H,30,33). The molecule has 1 aliphatic heterocycles. The van der Waals surface area contributed by atoms with Gasteiger partial charge in [0.1, 0.15) is 5.01 Å². The highest BCUT2D eigenvalue weighted by Crippen LogP contribution is 2.31. The average Bonchev–Trinajstić information content (AvgIpc) is 3.34. The van der Waals surface area contributed by atoms with Gasteiger partial charge < -0.3 is 5.32 Å². The molecule has 4 aromatic carbocycles. The van der Waals surface area contributed by atoms with E-state index in [0.717, 1.165) is 26.2 Å². The molecule has 0 unspecified atom stereocenters. The number of aromatic nitrogens is 1. The number of thiazole rings is 1. The second kappa shape index (κ2) is 9.02. The van der Waals surface area contributed by atoms with Gasteiger partial charge in [-0.1, -0.05) is 36.4 Å². The minimum atomic E-state index is -0.310. The number of carbonyl (C=O) groups is 3. The van der Waals surface area contributed by atoms with Gasteiger partial charge in [0.25, 0.3) is 11.8 Å². The molecular formula is C29H21N3O3S. The van der Waals surface area contributed by atoms with Crippen LogP contribution in [0.5, 0.6) is 0 Å². The summed E-state index contributed by atoms with van der Waals surface area (Å²) in [5.74, 6) is -0.785. The van der Waals surface area contributed by atoms with Crippen LogP contribution in [0, 0.1) is 0 Å². The van der Waals surface area contributed by atoms with Crippen LogP contribution in [-0.4, -0.2) is 34.2 Å². The summed E-state index contributed by atoms with van der Waals surface area (Å²) in [6.07, 6.45) is 0.577. The van der Waals surface area contributed by atoms with Gasteiger partial charge in [0, 0.05) is 40.7 Å². The quantitative estimate of drug-likeness (QED) is 0.290. The van der Waals surface area contributed by atoms with E-state index in [1.54, 1.807) is 23.5 Å². The third kappa shape index (κ3) is 3.93. The van der Waals surface area contributed by atoms with E-state index in [-0.39, 0.29) is 30.7 Å². The van der Waals surface area contributed by atoms with Crippen LogP contribution in [0.15, 0.2) is 84.9 Å². The Morgan fingerprint density at radius 3 is 2.22 bits per heavy atom. The normalized spacial score (nSPS) is 12.9. The lowest BCUT2D eigenvalue weighted by atomic mass is 9.94. The second-order valence-corrected chi connectivity index (χ2v) is 9.72. The molecular weight excluding hydrogens is 470 g/mol. The van der Waals surface area contributed by atoms with Crippen molar-refractivity contribution in [2.45, 2.75) is 12.8 Å². The summed E-state index contributed by atoms with van der Waals surface area (Å²) in [5.41, 5.74) is 3.71. The third-order valence-corrected chi connectivity index (χ3v) is 7.44.